The van der Waals surface area contributed by atoms with Gasteiger partial charge in [0.2, 0.25) is 0 Å². The molecule has 2 N–H and O–H groups in total. The Morgan fingerprint density at radius 3 is 2.51 bits per heavy atom. The fourth-order valence-corrected chi connectivity index (χ4v) is 9.07. The highest BCUT2D eigenvalue weighted by Crippen LogP contribution is 2.73. The van der Waals surface area contributed by atoms with Crippen molar-refractivity contribution in [2.45, 2.75) is 64.9 Å². The summed E-state index contributed by atoms with van der Waals surface area (Å²) in [4.78, 5) is 25.3. The van der Waals surface area contributed by atoms with E-state index in [4.69, 9.17) is 0 Å². The van der Waals surface area contributed by atoms with Gasteiger partial charge in [-0.25, -0.2) is 8.78 Å². The molecule has 3 saturated carbocycles. The summed E-state index contributed by atoms with van der Waals surface area (Å²) in [5, 5.41) is 21.9. The molecule has 0 aromatic rings. The molecular formula is C26H34F5NO4S. The minimum Gasteiger partial charge on any atom is -0.393 e. The largest absolute Gasteiger partial charge is 0.393 e. The molecule has 11 heteroatoms. The van der Waals surface area contributed by atoms with E-state index in [0.717, 1.165) is 0 Å². The van der Waals surface area contributed by atoms with Crippen molar-refractivity contribution in [1.29, 1.82) is 0 Å². The van der Waals surface area contributed by atoms with Crippen molar-refractivity contribution in [1.82, 2.24) is 5.06 Å². The highest BCUT2D eigenvalue weighted by atomic mass is 32.2. The molecule has 208 valence electrons. The number of carbonyl (C=O) groups is 2. The number of hydrogen-bond acceptors (Lipinski definition) is 6. The Hall–Kier alpha value is -1.30. The summed E-state index contributed by atoms with van der Waals surface area (Å²) < 4.78 is 67.1. The first kappa shape index (κ1) is 28.7. The minimum absolute atomic E-state index is 0.0250. The first-order valence-corrected chi connectivity index (χ1v) is 13.6. The molecule has 0 bridgehead atoms. The second-order valence-corrected chi connectivity index (χ2v) is 12.8. The number of hydrogen-bond donors (Lipinski definition) is 2. The van der Waals surface area contributed by atoms with Crippen LogP contribution >= 0.6 is 11.8 Å². The molecule has 4 rings (SSSR count). The average molecular weight is 552 g/mol. The summed E-state index contributed by atoms with van der Waals surface area (Å²) in [6.07, 6.45) is -3.28. The second-order valence-electron chi connectivity index (χ2n) is 11.9. The van der Waals surface area contributed by atoms with Crippen LogP contribution in [0.25, 0.3) is 0 Å². The van der Waals surface area contributed by atoms with E-state index in [0.29, 0.717) is 28.8 Å². The first-order valence-electron chi connectivity index (χ1n) is 12.6. The Morgan fingerprint density at radius 1 is 1.22 bits per heavy atom. The Kier molecular flexibility index (Phi) is 7.53. The normalized spacial score (nSPS) is 43.3. The fourth-order valence-electron chi connectivity index (χ4n) is 8.33. The van der Waals surface area contributed by atoms with Gasteiger partial charge in [0.25, 0.3) is 0 Å². The molecule has 0 amide bonds. The number of carbonyl (C=O) groups excluding carboxylic acids is 2. The zero-order valence-corrected chi connectivity index (χ0v) is 21.9. The topological polar surface area (TPSA) is 77.8 Å². The molecule has 0 aliphatic heterocycles. The molecule has 5 nitrogen and oxygen atoms in total. The van der Waals surface area contributed by atoms with Crippen molar-refractivity contribution in [3.63, 3.8) is 0 Å². The van der Waals surface area contributed by atoms with Gasteiger partial charge in [0.1, 0.15) is 12.2 Å². The number of halogens is 5. The van der Waals surface area contributed by atoms with Crippen LogP contribution in [0.5, 0.6) is 0 Å². The van der Waals surface area contributed by atoms with Gasteiger partial charge >= 0.3 is 6.18 Å². The summed E-state index contributed by atoms with van der Waals surface area (Å²) in [7, 11) is 0. The molecule has 37 heavy (non-hydrogen) atoms. The fraction of sp³-hybridized carbons (Fsp3) is 0.769. The van der Waals surface area contributed by atoms with Gasteiger partial charge in [-0.15, -0.1) is 0 Å². The van der Waals surface area contributed by atoms with Gasteiger partial charge < -0.3 is 10.3 Å². The van der Waals surface area contributed by atoms with Crippen molar-refractivity contribution in [3.05, 3.63) is 23.8 Å². The quantitative estimate of drug-likeness (QED) is 0.346. The number of fused-ring (bicyclic) bond motifs is 5. The van der Waals surface area contributed by atoms with Crippen LogP contribution in [0.1, 0.15) is 46.5 Å². The number of aliphatic hydroxyl groups excluding tert-OH is 1. The molecule has 0 aromatic heterocycles. The molecule has 4 aliphatic rings. The van der Waals surface area contributed by atoms with Gasteiger partial charge in [-0.05, 0) is 59.7 Å². The lowest BCUT2D eigenvalue weighted by Crippen LogP contribution is -2.62. The monoisotopic (exact) mass is 551 g/mol. The molecule has 0 spiro atoms. The number of allylic oxidation sites excluding steroid dienone is 4. The maximum atomic E-state index is 15.7. The summed E-state index contributed by atoms with van der Waals surface area (Å²) in [5.74, 6) is -2.65. The number of thioether (sulfide) groups is 1. The Balaban J connectivity index is 1.72. The molecule has 4 aliphatic carbocycles. The van der Waals surface area contributed by atoms with Crippen LogP contribution in [0.2, 0.25) is 0 Å². The molecule has 0 heterocycles. The lowest BCUT2D eigenvalue weighted by Gasteiger charge is -2.63. The number of ketones is 1. The van der Waals surface area contributed by atoms with Gasteiger partial charge in [-0.3, -0.25) is 9.59 Å². The van der Waals surface area contributed by atoms with E-state index in [1.54, 1.807) is 13.0 Å². The molecule has 0 radical (unpaired) electrons. The number of nitrogens with zero attached hydrogens (tertiary/aromatic N) is 1. The Morgan fingerprint density at radius 2 is 1.89 bits per heavy atom. The number of rotatable bonds is 6. The van der Waals surface area contributed by atoms with Crippen molar-refractivity contribution in [3.8, 4) is 0 Å². The zero-order valence-electron chi connectivity index (χ0n) is 21.1. The standard InChI is InChI=1S/C26H34F5NO4S/c1-23-5-4-15(33)8-16(23)18(28)9-17-21(23)19(34)11-25(3)20(22(35)37-13-27)14(10-24(17,25)2)12-32(36)7-6-26(29,30)31/h4-5,8,14,17-21,34,36H,6-7,9-13H2,1-3H3. The lowest BCUT2D eigenvalue weighted by molar-refractivity contribution is -0.171. The molecule has 9 atom stereocenters. The first-order chi connectivity index (χ1) is 17.1. The van der Waals surface area contributed by atoms with Crippen molar-refractivity contribution in [2.24, 2.45) is 39.9 Å². The number of hydroxylamine groups is 2. The smallest absolute Gasteiger partial charge is 0.390 e. The predicted molar refractivity (Wildman–Crippen MR) is 128 cm³/mol. The van der Waals surface area contributed by atoms with Crippen molar-refractivity contribution >= 4 is 22.7 Å². The lowest BCUT2D eigenvalue weighted by atomic mass is 9.41. The van der Waals surface area contributed by atoms with Crippen LogP contribution in [0.4, 0.5) is 22.0 Å². The number of alkyl halides is 5. The zero-order chi connectivity index (χ0) is 27.6. The molecule has 0 aromatic carbocycles. The average Bonchev–Trinajstić information content (AvgIpc) is 2.99. The highest BCUT2D eigenvalue weighted by molar-refractivity contribution is 8.13. The van der Waals surface area contributed by atoms with E-state index < -0.39 is 82.5 Å². The SMILES string of the molecule is CC12C=CC(=O)C=C1C(F)CC1C2C(O)CC2(C)C(C(=O)SCF)C(CN(O)CCC(F)(F)F)CC12C. The Labute approximate surface area is 217 Å². The van der Waals surface area contributed by atoms with E-state index in [2.05, 4.69) is 0 Å². The van der Waals surface area contributed by atoms with Gasteiger partial charge in [0, 0.05) is 30.3 Å². The van der Waals surface area contributed by atoms with Gasteiger partial charge in [-0.1, -0.05) is 38.6 Å². The van der Waals surface area contributed by atoms with Gasteiger partial charge in [0.15, 0.2) is 10.9 Å². The van der Waals surface area contributed by atoms with E-state index >= 15 is 4.39 Å². The van der Waals surface area contributed by atoms with E-state index in [-0.39, 0.29) is 25.2 Å². The van der Waals surface area contributed by atoms with E-state index in [1.165, 1.54) is 12.2 Å². The van der Waals surface area contributed by atoms with Gasteiger partial charge in [-0.2, -0.15) is 18.2 Å². The van der Waals surface area contributed by atoms with E-state index in [1.807, 2.05) is 13.8 Å². The molecule has 0 saturated heterocycles. The minimum atomic E-state index is -4.47. The molecule has 3 fully saturated rings. The van der Waals surface area contributed by atoms with Crippen molar-refractivity contribution in [2.75, 3.05) is 19.1 Å². The van der Waals surface area contributed by atoms with Crippen LogP contribution in [-0.2, 0) is 9.59 Å². The number of aliphatic hydroxyl groups is 1. The maximum absolute atomic E-state index is 15.7. The van der Waals surface area contributed by atoms with Gasteiger partial charge in [0.05, 0.1) is 12.5 Å². The van der Waals surface area contributed by atoms with Crippen LogP contribution in [0.3, 0.4) is 0 Å². The third-order valence-corrected chi connectivity index (χ3v) is 10.6. The molecule has 9 unspecified atom stereocenters. The summed E-state index contributed by atoms with van der Waals surface area (Å²) >= 11 is 0.480. The molecular weight excluding hydrogens is 517 g/mol. The summed E-state index contributed by atoms with van der Waals surface area (Å²) in [6, 6.07) is -0.974. The third kappa shape index (κ3) is 4.72. The third-order valence-electron chi connectivity index (χ3n) is 10.0. The van der Waals surface area contributed by atoms with Crippen LogP contribution < -0.4 is 0 Å². The Bertz CT molecular complexity index is 1000. The maximum Gasteiger partial charge on any atom is 0.390 e. The van der Waals surface area contributed by atoms with Crippen molar-refractivity contribution < 1.29 is 41.9 Å². The summed E-state index contributed by atoms with van der Waals surface area (Å²) in [6.45, 7) is 4.66. The van der Waals surface area contributed by atoms with Crippen LogP contribution in [0, 0.1) is 39.9 Å². The predicted octanol–water partition coefficient (Wildman–Crippen LogP) is 5.28. The second kappa shape index (κ2) is 9.71. The highest BCUT2D eigenvalue weighted by Gasteiger charge is 2.71. The van der Waals surface area contributed by atoms with E-state index in [9.17, 15) is 37.5 Å². The van der Waals surface area contributed by atoms with Crippen LogP contribution in [-0.4, -0.2) is 63.8 Å². The van der Waals surface area contributed by atoms with Crippen LogP contribution in [0.15, 0.2) is 23.8 Å². The summed E-state index contributed by atoms with van der Waals surface area (Å²) in [5.41, 5.74) is -2.23.